The van der Waals surface area contributed by atoms with Crippen LogP contribution in [-0.2, 0) is 0 Å². The zero-order valence-electron chi connectivity index (χ0n) is 17.4. The maximum absolute atomic E-state index is 12.7. The van der Waals surface area contributed by atoms with Crippen molar-refractivity contribution < 1.29 is 14.3 Å². The van der Waals surface area contributed by atoms with E-state index in [4.69, 9.17) is 4.74 Å². The number of nitrogens with one attached hydrogen (secondary N) is 1. The van der Waals surface area contributed by atoms with E-state index in [2.05, 4.69) is 10.5 Å². The van der Waals surface area contributed by atoms with Crippen molar-refractivity contribution in [3.63, 3.8) is 0 Å². The number of rotatable bonds is 6. The number of benzene rings is 3. The summed E-state index contributed by atoms with van der Waals surface area (Å²) in [6.07, 6.45) is 3.76. The fraction of sp³-hybridized carbons (Fsp3) is 0.0385. The van der Waals surface area contributed by atoms with Gasteiger partial charge in [0.15, 0.2) is 0 Å². The molecule has 3 aromatic carbocycles. The molecule has 0 radical (unpaired) electrons. The highest BCUT2D eigenvalue weighted by Gasteiger charge is 2.12. The third-order valence-electron chi connectivity index (χ3n) is 4.85. The largest absolute Gasteiger partial charge is 0.423 e. The van der Waals surface area contributed by atoms with Crippen LogP contribution in [0.2, 0.25) is 0 Å². The molecule has 0 atom stereocenters. The molecular formula is C26H21N3O3. The Balaban J connectivity index is 1.43. The quantitative estimate of drug-likeness (QED) is 0.209. The first-order chi connectivity index (χ1) is 15.6. The first-order valence-corrected chi connectivity index (χ1v) is 10.1. The predicted octanol–water partition coefficient (Wildman–Crippen LogP) is 4.85. The second-order valence-electron chi connectivity index (χ2n) is 7.03. The van der Waals surface area contributed by atoms with E-state index in [0.29, 0.717) is 22.6 Å². The lowest BCUT2D eigenvalue weighted by atomic mass is 10.1. The fourth-order valence-corrected chi connectivity index (χ4v) is 3.15. The highest BCUT2D eigenvalue weighted by Crippen LogP contribution is 2.16. The van der Waals surface area contributed by atoms with Gasteiger partial charge in [-0.3, -0.25) is 4.79 Å². The lowest BCUT2D eigenvalue weighted by Crippen LogP contribution is -2.21. The van der Waals surface area contributed by atoms with Gasteiger partial charge >= 0.3 is 5.97 Å². The Morgan fingerprint density at radius 2 is 1.44 bits per heavy atom. The summed E-state index contributed by atoms with van der Waals surface area (Å²) < 4.78 is 7.26. The molecule has 0 saturated heterocycles. The highest BCUT2D eigenvalue weighted by atomic mass is 16.5. The molecule has 4 rings (SSSR count). The summed E-state index contributed by atoms with van der Waals surface area (Å²) in [5.41, 5.74) is 5.81. The molecule has 6 nitrogen and oxygen atoms in total. The van der Waals surface area contributed by atoms with E-state index >= 15 is 0 Å². The Morgan fingerprint density at radius 3 is 2.16 bits per heavy atom. The molecule has 0 aliphatic carbocycles. The second kappa shape index (κ2) is 9.57. The van der Waals surface area contributed by atoms with Gasteiger partial charge in [-0.25, -0.2) is 10.2 Å². The molecule has 0 fully saturated rings. The third kappa shape index (κ3) is 4.82. The number of ether oxygens (including phenoxy) is 1. The van der Waals surface area contributed by atoms with Crippen LogP contribution in [0.4, 0.5) is 0 Å². The number of carbonyl (C=O) groups is 2. The zero-order chi connectivity index (χ0) is 22.3. The van der Waals surface area contributed by atoms with E-state index < -0.39 is 5.97 Å². The van der Waals surface area contributed by atoms with Gasteiger partial charge in [0, 0.05) is 12.4 Å². The molecule has 158 valence electrons. The van der Waals surface area contributed by atoms with E-state index in [0.717, 1.165) is 11.3 Å². The Labute approximate surface area is 185 Å². The number of para-hydroxylation sites is 1. The number of hydrogen-bond acceptors (Lipinski definition) is 4. The van der Waals surface area contributed by atoms with Gasteiger partial charge in [-0.2, -0.15) is 5.10 Å². The average Bonchev–Trinajstić information content (AvgIpc) is 3.38. The Hall–Kier alpha value is -4.45. The van der Waals surface area contributed by atoms with Crippen LogP contribution in [0.25, 0.3) is 5.69 Å². The number of esters is 1. The van der Waals surface area contributed by atoms with Crippen LogP contribution in [0.1, 0.15) is 33.2 Å². The maximum atomic E-state index is 12.7. The Morgan fingerprint density at radius 1 is 0.781 bits per heavy atom. The molecule has 0 aliphatic rings. The Bertz CT molecular complexity index is 1250. The van der Waals surface area contributed by atoms with E-state index in [-0.39, 0.29) is 5.91 Å². The van der Waals surface area contributed by atoms with E-state index in [1.54, 1.807) is 61.5 Å². The number of carbonyl (C=O) groups excluding carboxylic acids is 2. The summed E-state index contributed by atoms with van der Waals surface area (Å²) >= 11 is 0. The van der Waals surface area contributed by atoms with Crippen molar-refractivity contribution in [3.8, 4) is 11.4 Å². The molecule has 32 heavy (non-hydrogen) atoms. The summed E-state index contributed by atoms with van der Waals surface area (Å²) in [6.45, 7) is 1.79. The minimum Gasteiger partial charge on any atom is -0.423 e. The number of aromatic nitrogens is 1. The predicted molar refractivity (Wildman–Crippen MR) is 123 cm³/mol. The molecule has 0 aliphatic heterocycles. The Kier molecular flexibility index (Phi) is 6.22. The van der Waals surface area contributed by atoms with Crippen molar-refractivity contribution in [1.29, 1.82) is 0 Å². The molecular weight excluding hydrogens is 402 g/mol. The first-order valence-electron chi connectivity index (χ1n) is 10.1. The lowest BCUT2D eigenvalue weighted by molar-refractivity contribution is 0.0734. The molecule has 0 saturated carbocycles. The van der Waals surface area contributed by atoms with Crippen molar-refractivity contribution in [3.05, 3.63) is 120 Å². The smallest absolute Gasteiger partial charge is 0.343 e. The zero-order valence-corrected chi connectivity index (χ0v) is 17.4. The van der Waals surface area contributed by atoms with Crippen LogP contribution in [0.5, 0.6) is 5.75 Å². The molecule has 0 spiro atoms. The van der Waals surface area contributed by atoms with Crippen LogP contribution >= 0.6 is 0 Å². The number of amides is 1. The van der Waals surface area contributed by atoms with Gasteiger partial charge in [0.1, 0.15) is 5.75 Å². The van der Waals surface area contributed by atoms with Crippen LogP contribution < -0.4 is 10.2 Å². The second-order valence-corrected chi connectivity index (χ2v) is 7.03. The van der Waals surface area contributed by atoms with Crippen LogP contribution in [0.15, 0.2) is 108 Å². The summed E-state index contributed by atoms with van der Waals surface area (Å²) in [4.78, 5) is 24.9. The van der Waals surface area contributed by atoms with Gasteiger partial charge in [-0.1, -0.05) is 30.3 Å². The van der Waals surface area contributed by atoms with Crippen molar-refractivity contribution in [2.75, 3.05) is 0 Å². The summed E-state index contributed by atoms with van der Waals surface area (Å²) in [7, 11) is 0. The van der Waals surface area contributed by atoms with Crippen LogP contribution in [0.3, 0.4) is 0 Å². The molecule has 0 bridgehead atoms. The van der Waals surface area contributed by atoms with Gasteiger partial charge in [0.05, 0.1) is 22.5 Å². The van der Waals surface area contributed by atoms with Crippen molar-refractivity contribution in [2.45, 2.75) is 6.92 Å². The molecule has 1 heterocycles. The monoisotopic (exact) mass is 423 g/mol. The third-order valence-corrected chi connectivity index (χ3v) is 4.85. The molecule has 1 amide bonds. The SMILES string of the molecule is CC(=NNC(=O)c1ccccc1-n1cccc1)c1ccc(OC(=O)c2ccccc2)cc1. The number of hydrogen-bond donors (Lipinski definition) is 1. The normalized spacial score (nSPS) is 11.1. The molecule has 0 unspecified atom stereocenters. The van der Waals surface area contributed by atoms with Crippen molar-refractivity contribution >= 4 is 17.6 Å². The van der Waals surface area contributed by atoms with E-state index in [9.17, 15) is 9.59 Å². The van der Waals surface area contributed by atoms with E-state index in [1.165, 1.54) is 0 Å². The minimum atomic E-state index is -0.419. The van der Waals surface area contributed by atoms with Gasteiger partial charge in [0.2, 0.25) is 0 Å². The maximum Gasteiger partial charge on any atom is 0.343 e. The van der Waals surface area contributed by atoms with Gasteiger partial charge in [0.25, 0.3) is 5.91 Å². The molecule has 1 N–H and O–H groups in total. The van der Waals surface area contributed by atoms with Crippen LogP contribution in [0, 0.1) is 0 Å². The van der Waals surface area contributed by atoms with Gasteiger partial charge < -0.3 is 9.30 Å². The van der Waals surface area contributed by atoms with E-state index in [1.807, 2.05) is 53.4 Å². The average molecular weight is 423 g/mol. The van der Waals surface area contributed by atoms with Gasteiger partial charge in [-0.05, 0) is 73.2 Å². The van der Waals surface area contributed by atoms with Crippen molar-refractivity contribution in [2.24, 2.45) is 5.10 Å². The molecule has 6 heteroatoms. The highest BCUT2D eigenvalue weighted by molar-refractivity contribution is 6.02. The summed E-state index contributed by atoms with van der Waals surface area (Å²) in [5.74, 6) is -0.292. The van der Waals surface area contributed by atoms with Gasteiger partial charge in [-0.15, -0.1) is 0 Å². The van der Waals surface area contributed by atoms with Crippen molar-refractivity contribution in [1.82, 2.24) is 9.99 Å². The topological polar surface area (TPSA) is 72.7 Å². The van der Waals surface area contributed by atoms with Crippen LogP contribution in [-0.4, -0.2) is 22.2 Å². The first kappa shape index (κ1) is 20.8. The lowest BCUT2D eigenvalue weighted by Gasteiger charge is -2.10. The number of nitrogens with zero attached hydrogens (tertiary/aromatic N) is 2. The number of hydrazone groups is 1. The summed E-state index contributed by atoms with van der Waals surface area (Å²) in [5, 5.41) is 4.23. The molecule has 4 aromatic rings. The standard InChI is InChI=1S/C26H21N3O3/c1-19(20-13-15-22(16-14-20)32-26(31)21-9-3-2-4-10-21)27-28-25(30)23-11-5-6-12-24(23)29-17-7-8-18-29/h2-18H,1H3,(H,28,30). The summed E-state index contributed by atoms with van der Waals surface area (Å²) in [6, 6.07) is 26.9. The molecule has 1 aromatic heterocycles. The minimum absolute atomic E-state index is 0.304. The fourth-order valence-electron chi connectivity index (χ4n) is 3.15.